The molecule has 4 heteroatoms. The van der Waals surface area contributed by atoms with Gasteiger partial charge in [-0.05, 0) is 27.7 Å². The molecule has 0 spiro atoms. The van der Waals surface area contributed by atoms with Crippen molar-refractivity contribution in [1.82, 2.24) is 0 Å². The van der Waals surface area contributed by atoms with Gasteiger partial charge in [-0.15, -0.1) is 0 Å². The van der Waals surface area contributed by atoms with E-state index >= 15 is 0 Å². The number of nitrogens with zero attached hydrogens (tertiary/aromatic N) is 2. The van der Waals surface area contributed by atoms with Crippen molar-refractivity contribution in [2.75, 3.05) is 0 Å². The molecule has 0 aromatic heterocycles. The topological polar surface area (TPSA) is 66.0 Å². The van der Waals surface area contributed by atoms with Gasteiger partial charge in [0.25, 0.3) is 12.5 Å². The van der Waals surface area contributed by atoms with Gasteiger partial charge in [-0.1, -0.05) is 0 Å². The minimum absolute atomic E-state index is 0.808. The van der Waals surface area contributed by atoms with Crippen molar-refractivity contribution < 1.29 is 9.47 Å². The Morgan fingerprint density at radius 2 is 1.08 bits per heavy atom. The molecule has 0 rings (SSSR count). The molecule has 0 aromatic carbocycles. The first kappa shape index (κ1) is 10.6. The maximum absolute atomic E-state index is 8.32. The SMILES string of the molecule is CC(C)(OC#N)C(C)(C)OC#N. The van der Waals surface area contributed by atoms with Gasteiger partial charge in [0.1, 0.15) is 0 Å². The Morgan fingerprint density at radius 1 is 0.833 bits per heavy atom. The number of hydrogen-bond donors (Lipinski definition) is 0. The summed E-state index contributed by atoms with van der Waals surface area (Å²) in [5.41, 5.74) is -1.62. The number of nitriles is 2. The highest BCUT2D eigenvalue weighted by atomic mass is 16.6. The third kappa shape index (κ3) is 2.03. The molecule has 0 aliphatic rings. The van der Waals surface area contributed by atoms with E-state index < -0.39 is 11.2 Å². The van der Waals surface area contributed by atoms with Crippen LogP contribution >= 0.6 is 0 Å². The molecular weight excluding hydrogens is 156 g/mol. The minimum Gasteiger partial charge on any atom is -0.417 e. The van der Waals surface area contributed by atoms with Crippen molar-refractivity contribution in [2.24, 2.45) is 0 Å². The smallest absolute Gasteiger partial charge is 0.287 e. The molecule has 0 atom stereocenters. The molecule has 0 unspecified atom stereocenters. The lowest BCUT2D eigenvalue weighted by Gasteiger charge is -2.35. The van der Waals surface area contributed by atoms with Crippen LogP contribution in [0.4, 0.5) is 0 Å². The van der Waals surface area contributed by atoms with E-state index in [0.29, 0.717) is 0 Å². The zero-order valence-electron chi connectivity index (χ0n) is 7.71. The summed E-state index contributed by atoms with van der Waals surface area (Å²) in [6.07, 6.45) is 3.17. The van der Waals surface area contributed by atoms with Crippen LogP contribution in [-0.2, 0) is 9.47 Å². The first-order valence-electron chi connectivity index (χ1n) is 3.51. The second-order valence-electron chi connectivity index (χ2n) is 3.41. The quantitative estimate of drug-likeness (QED) is 0.599. The zero-order chi connectivity index (χ0) is 9.83. The summed E-state index contributed by atoms with van der Waals surface area (Å²) < 4.78 is 9.55. The van der Waals surface area contributed by atoms with Gasteiger partial charge in [-0.25, -0.2) is 0 Å². The summed E-state index contributed by atoms with van der Waals surface area (Å²) in [5, 5.41) is 16.6. The molecule has 0 N–H and O–H groups in total. The molecular formula is C8H12N2O2. The second kappa shape index (κ2) is 3.32. The lowest BCUT2D eigenvalue weighted by molar-refractivity contribution is -0.107. The molecule has 0 heterocycles. The molecule has 4 nitrogen and oxygen atoms in total. The molecule has 0 aromatic rings. The molecule has 0 amide bonds. The lowest BCUT2D eigenvalue weighted by Crippen LogP contribution is -2.47. The van der Waals surface area contributed by atoms with Crippen LogP contribution in [0.5, 0.6) is 0 Å². The predicted octanol–water partition coefficient (Wildman–Crippen LogP) is 1.54. The maximum atomic E-state index is 8.32. The van der Waals surface area contributed by atoms with Crippen LogP contribution < -0.4 is 0 Å². The van der Waals surface area contributed by atoms with Gasteiger partial charge in [-0.2, -0.15) is 10.5 Å². The van der Waals surface area contributed by atoms with Crippen molar-refractivity contribution >= 4 is 0 Å². The number of rotatable bonds is 3. The monoisotopic (exact) mass is 168 g/mol. The summed E-state index contributed by atoms with van der Waals surface area (Å²) in [5.74, 6) is 0. The fourth-order valence-electron chi connectivity index (χ4n) is 0.474. The first-order valence-corrected chi connectivity index (χ1v) is 3.51. The lowest BCUT2D eigenvalue weighted by atomic mass is 9.89. The van der Waals surface area contributed by atoms with Crippen LogP contribution in [-0.4, -0.2) is 11.2 Å². The Bertz CT molecular complexity index is 206. The third-order valence-corrected chi connectivity index (χ3v) is 2.05. The maximum Gasteiger partial charge on any atom is 0.287 e. The average Bonchev–Trinajstić information content (AvgIpc) is 1.86. The van der Waals surface area contributed by atoms with Crippen LogP contribution in [0.25, 0.3) is 0 Å². The van der Waals surface area contributed by atoms with E-state index in [0.717, 1.165) is 0 Å². The molecule has 12 heavy (non-hydrogen) atoms. The predicted molar refractivity (Wildman–Crippen MR) is 41.6 cm³/mol. The highest BCUT2D eigenvalue weighted by Gasteiger charge is 2.41. The Kier molecular flexibility index (Phi) is 2.93. The van der Waals surface area contributed by atoms with Crippen LogP contribution in [0.15, 0.2) is 0 Å². The molecule has 0 aliphatic heterocycles. The van der Waals surface area contributed by atoms with E-state index in [1.807, 2.05) is 0 Å². The van der Waals surface area contributed by atoms with Gasteiger partial charge in [0.05, 0.1) is 0 Å². The van der Waals surface area contributed by atoms with Crippen molar-refractivity contribution in [3.63, 3.8) is 0 Å². The molecule has 0 saturated carbocycles. The van der Waals surface area contributed by atoms with E-state index in [4.69, 9.17) is 20.0 Å². The number of hydrogen-bond acceptors (Lipinski definition) is 4. The Balaban J connectivity index is 4.55. The summed E-state index contributed by atoms with van der Waals surface area (Å²) >= 11 is 0. The Morgan fingerprint density at radius 3 is 1.25 bits per heavy atom. The van der Waals surface area contributed by atoms with E-state index in [2.05, 4.69) is 0 Å². The van der Waals surface area contributed by atoms with Gasteiger partial charge in [0.2, 0.25) is 0 Å². The third-order valence-electron chi connectivity index (χ3n) is 2.05. The van der Waals surface area contributed by atoms with Gasteiger partial charge >= 0.3 is 0 Å². The fraction of sp³-hybridized carbons (Fsp3) is 0.750. The molecule has 0 radical (unpaired) electrons. The molecule has 0 saturated heterocycles. The molecule has 66 valence electrons. The molecule has 0 bridgehead atoms. The zero-order valence-corrected chi connectivity index (χ0v) is 7.71. The van der Waals surface area contributed by atoms with E-state index in [9.17, 15) is 0 Å². The van der Waals surface area contributed by atoms with Gasteiger partial charge in [-0.3, -0.25) is 0 Å². The van der Waals surface area contributed by atoms with Gasteiger partial charge in [0, 0.05) is 0 Å². The van der Waals surface area contributed by atoms with Crippen LogP contribution in [0, 0.1) is 23.0 Å². The summed E-state index contributed by atoms with van der Waals surface area (Å²) in [6, 6.07) is 0. The van der Waals surface area contributed by atoms with Crippen LogP contribution in [0.1, 0.15) is 27.7 Å². The summed E-state index contributed by atoms with van der Waals surface area (Å²) in [4.78, 5) is 0. The highest BCUT2D eigenvalue weighted by Crippen LogP contribution is 2.28. The Labute approximate surface area is 72.3 Å². The van der Waals surface area contributed by atoms with E-state index in [1.54, 1.807) is 40.2 Å². The summed E-state index contributed by atoms with van der Waals surface area (Å²) in [7, 11) is 0. The van der Waals surface area contributed by atoms with Gasteiger partial charge < -0.3 is 9.47 Å². The van der Waals surface area contributed by atoms with Crippen molar-refractivity contribution in [3.05, 3.63) is 0 Å². The van der Waals surface area contributed by atoms with E-state index in [1.165, 1.54) is 0 Å². The average molecular weight is 168 g/mol. The van der Waals surface area contributed by atoms with E-state index in [-0.39, 0.29) is 0 Å². The Hall–Kier alpha value is -1.42. The van der Waals surface area contributed by atoms with Crippen molar-refractivity contribution in [1.29, 1.82) is 10.5 Å². The van der Waals surface area contributed by atoms with Crippen LogP contribution in [0.3, 0.4) is 0 Å². The molecule has 0 aliphatic carbocycles. The summed E-state index contributed by atoms with van der Waals surface area (Å²) in [6.45, 7) is 6.75. The van der Waals surface area contributed by atoms with Crippen molar-refractivity contribution in [3.8, 4) is 12.5 Å². The van der Waals surface area contributed by atoms with Crippen LogP contribution in [0.2, 0.25) is 0 Å². The number of ether oxygens (including phenoxy) is 2. The first-order chi connectivity index (χ1) is 5.37. The second-order valence-corrected chi connectivity index (χ2v) is 3.41. The molecule has 0 fully saturated rings. The highest BCUT2D eigenvalue weighted by molar-refractivity contribution is 4.93. The minimum atomic E-state index is -0.808. The van der Waals surface area contributed by atoms with Crippen molar-refractivity contribution in [2.45, 2.75) is 38.9 Å². The normalized spacial score (nSPS) is 11.2. The fourth-order valence-corrected chi connectivity index (χ4v) is 0.474. The van der Waals surface area contributed by atoms with Gasteiger partial charge in [0.15, 0.2) is 11.2 Å². The standard InChI is InChI=1S/C8H12N2O2/c1-7(2,11-5-9)8(3,4)12-6-10/h1-4H3. The largest absolute Gasteiger partial charge is 0.417 e.